The Morgan fingerprint density at radius 1 is 1.14 bits per heavy atom. The Labute approximate surface area is 215 Å². The minimum absolute atomic E-state index is 0.173. The summed E-state index contributed by atoms with van der Waals surface area (Å²) in [6.45, 7) is 8.24. The number of piperazine rings is 1. The topological polar surface area (TPSA) is 81.2 Å². The molecule has 198 valence electrons. The van der Waals surface area contributed by atoms with E-state index in [0.29, 0.717) is 32.8 Å². The molecule has 5 rings (SSSR count). The molecule has 2 aliphatic heterocycles. The molecule has 37 heavy (non-hydrogen) atoms. The summed E-state index contributed by atoms with van der Waals surface area (Å²) in [5.41, 5.74) is 5.46. The number of rotatable bonds is 8. The van der Waals surface area contributed by atoms with Gasteiger partial charge in [0.1, 0.15) is 12.3 Å². The number of morpholine rings is 1. The molecule has 2 aromatic heterocycles. The molecule has 0 amide bonds. The smallest absolute Gasteiger partial charge is 0.254 e. The first-order valence-electron chi connectivity index (χ1n) is 12.6. The number of aromatic nitrogens is 2. The SMILES string of the molecule is Cc1ccc2c(/C=N\Nc3nc(OCCN4CCN(C)CC4)c(F)c(N4CCOCC4)c3F)c[nH]c2c1. The van der Waals surface area contributed by atoms with Crippen molar-refractivity contribution < 1.29 is 18.3 Å². The lowest BCUT2D eigenvalue weighted by atomic mass is 10.1. The van der Waals surface area contributed by atoms with Crippen LogP contribution in [0.1, 0.15) is 11.1 Å². The maximum Gasteiger partial charge on any atom is 0.254 e. The number of aromatic amines is 1. The van der Waals surface area contributed by atoms with E-state index < -0.39 is 11.6 Å². The molecule has 0 radical (unpaired) electrons. The highest BCUT2D eigenvalue weighted by atomic mass is 19.1. The van der Waals surface area contributed by atoms with Gasteiger partial charge in [0, 0.05) is 68.5 Å². The normalized spacial score (nSPS) is 17.7. The van der Waals surface area contributed by atoms with E-state index in [9.17, 15) is 0 Å². The van der Waals surface area contributed by atoms with Gasteiger partial charge in [-0.05, 0) is 25.6 Å². The molecule has 11 heteroatoms. The summed E-state index contributed by atoms with van der Waals surface area (Å²) < 4.78 is 42.1. The van der Waals surface area contributed by atoms with Gasteiger partial charge in [0.05, 0.1) is 19.4 Å². The number of nitrogens with zero attached hydrogens (tertiary/aromatic N) is 5. The molecule has 2 fully saturated rings. The van der Waals surface area contributed by atoms with Crippen molar-refractivity contribution in [1.29, 1.82) is 0 Å². The molecule has 4 heterocycles. The van der Waals surface area contributed by atoms with Crippen LogP contribution in [-0.4, -0.2) is 98.7 Å². The van der Waals surface area contributed by atoms with Crippen LogP contribution in [-0.2, 0) is 4.74 Å². The van der Waals surface area contributed by atoms with E-state index in [1.165, 1.54) is 0 Å². The Morgan fingerprint density at radius 2 is 1.92 bits per heavy atom. The number of nitrogens with one attached hydrogen (secondary N) is 2. The number of ether oxygens (including phenoxy) is 2. The quantitative estimate of drug-likeness (QED) is 0.354. The number of aryl methyl sites for hydroxylation is 1. The molecule has 2 aliphatic rings. The minimum Gasteiger partial charge on any atom is -0.474 e. The summed E-state index contributed by atoms with van der Waals surface area (Å²) in [4.78, 5) is 13.5. The highest BCUT2D eigenvalue weighted by Crippen LogP contribution is 2.34. The average molecular weight is 514 g/mol. The lowest BCUT2D eigenvalue weighted by Crippen LogP contribution is -2.45. The van der Waals surface area contributed by atoms with Crippen LogP contribution in [0.5, 0.6) is 5.88 Å². The highest BCUT2D eigenvalue weighted by Gasteiger charge is 2.27. The average Bonchev–Trinajstić information content (AvgIpc) is 3.30. The van der Waals surface area contributed by atoms with E-state index in [1.807, 2.05) is 31.3 Å². The van der Waals surface area contributed by atoms with Gasteiger partial charge in [0.15, 0.2) is 11.6 Å². The van der Waals surface area contributed by atoms with Crippen molar-refractivity contribution in [3.8, 4) is 5.88 Å². The Bertz CT molecular complexity index is 1250. The monoisotopic (exact) mass is 513 g/mol. The minimum atomic E-state index is -0.808. The maximum atomic E-state index is 15.5. The first-order chi connectivity index (χ1) is 18.0. The van der Waals surface area contributed by atoms with Crippen LogP contribution in [0.15, 0.2) is 29.5 Å². The van der Waals surface area contributed by atoms with Crippen LogP contribution in [0.2, 0.25) is 0 Å². The van der Waals surface area contributed by atoms with Gasteiger partial charge in [0.25, 0.3) is 5.88 Å². The Morgan fingerprint density at radius 3 is 2.70 bits per heavy atom. The lowest BCUT2D eigenvalue weighted by molar-refractivity contribution is 0.121. The van der Waals surface area contributed by atoms with Crippen molar-refractivity contribution in [3.63, 3.8) is 0 Å². The van der Waals surface area contributed by atoms with Gasteiger partial charge in [-0.25, -0.2) is 4.39 Å². The first kappa shape index (κ1) is 25.4. The molecule has 1 aromatic carbocycles. The second-order valence-electron chi connectivity index (χ2n) is 9.50. The van der Waals surface area contributed by atoms with Crippen LogP contribution < -0.4 is 15.1 Å². The highest BCUT2D eigenvalue weighted by molar-refractivity contribution is 5.99. The predicted octanol–water partition coefficient (Wildman–Crippen LogP) is 3.06. The zero-order chi connectivity index (χ0) is 25.8. The van der Waals surface area contributed by atoms with Crippen molar-refractivity contribution in [3.05, 3.63) is 47.2 Å². The Balaban J connectivity index is 1.35. The van der Waals surface area contributed by atoms with Crippen molar-refractivity contribution >= 4 is 28.6 Å². The third-order valence-corrected chi connectivity index (χ3v) is 6.84. The van der Waals surface area contributed by atoms with Crippen LogP contribution >= 0.6 is 0 Å². The van der Waals surface area contributed by atoms with E-state index in [1.54, 1.807) is 11.1 Å². The summed E-state index contributed by atoms with van der Waals surface area (Å²) in [6, 6.07) is 6.06. The standard InChI is InChI=1S/C26H33F2N7O2/c1-18-3-4-20-19(16-29-21(20)15-18)17-30-32-25-22(27)24(35-10-12-36-13-11-35)23(28)26(31-25)37-14-9-34-7-5-33(2)6-8-34/h3-4,15-17,29H,5-14H2,1-2H3,(H,31,32)/b30-17-. The van der Waals surface area contributed by atoms with Crippen molar-refractivity contribution in [2.24, 2.45) is 5.10 Å². The predicted molar refractivity (Wildman–Crippen MR) is 141 cm³/mol. The molecule has 0 spiro atoms. The molecule has 0 bridgehead atoms. The summed E-state index contributed by atoms with van der Waals surface area (Å²) in [7, 11) is 2.09. The van der Waals surface area contributed by atoms with Crippen LogP contribution in [0, 0.1) is 18.6 Å². The fourth-order valence-corrected chi connectivity index (χ4v) is 4.62. The fraction of sp³-hybridized carbons (Fsp3) is 0.462. The molecule has 2 saturated heterocycles. The second kappa shape index (κ2) is 11.4. The Hall–Kier alpha value is -3.28. The van der Waals surface area contributed by atoms with Gasteiger partial charge in [-0.2, -0.15) is 14.5 Å². The van der Waals surface area contributed by atoms with Gasteiger partial charge in [0.2, 0.25) is 5.82 Å². The Kier molecular flexibility index (Phi) is 7.82. The van der Waals surface area contributed by atoms with Gasteiger partial charge in [-0.3, -0.25) is 10.3 Å². The third kappa shape index (κ3) is 5.84. The number of halogens is 2. The number of likely N-dealkylation sites (N-methyl/N-ethyl adjacent to an activating group) is 1. The number of hydrogen-bond donors (Lipinski definition) is 2. The number of hydrazone groups is 1. The zero-order valence-electron chi connectivity index (χ0n) is 21.3. The number of fused-ring (bicyclic) bond motifs is 1. The molecule has 0 atom stereocenters. The summed E-state index contributed by atoms with van der Waals surface area (Å²) >= 11 is 0. The van der Waals surface area contributed by atoms with Crippen molar-refractivity contribution in [2.45, 2.75) is 6.92 Å². The molecule has 2 N–H and O–H groups in total. The van der Waals surface area contributed by atoms with Crippen molar-refractivity contribution in [1.82, 2.24) is 19.8 Å². The lowest BCUT2D eigenvalue weighted by Gasteiger charge is -2.32. The number of pyridine rings is 1. The molecule has 3 aromatic rings. The molecular weight excluding hydrogens is 480 g/mol. The van der Waals surface area contributed by atoms with Crippen molar-refractivity contribution in [2.75, 3.05) is 83.0 Å². The van der Waals surface area contributed by atoms with Crippen LogP contribution in [0.4, 0.5) is 20.3 Å². The fourth-order valence-electron chi connectivity index (χ4n) is 4.62. The van der Waals surface area contributed by atoms with E-state index in [4.69, 9.17) is 9.47 Å². The zero-order valence-corrected chi connectivity index (χ0v) is 21.3. The second-order valence-corrected chi connectivity index (χ2v) is 9.50. The number of anilines is 2. The van der Waals surface area contributed by atoms with Crippen LogP contribution in [0.3, 0.4) is 0 Å². The van der Waals surface area contributed by atoms with Gasteiger partial charge in [-0.15, -0.1) is 0 Å². The third-order valence-electron chi connectivity index (χ3n) is 6.84. The molecule has 0 saturated carbocycles. The first-order valence-corrected chi connectivity index (χ1v) is 12.6. The van der Waals surface area contributed by atoms with Crippen LogP contribution in [0.25, 0.3) is 10.9 Å². The summed E-state index contributed by atoms with van der Waals surface area (Å²) in [5.74, 6) is -2.04. The molecule has 9 nitrogen and oxygen atoms in total. The summed E-state index contributed by atoms with van der Waals surface area (Å²) in [6.07, 6.45) is 3.41. The largest absolute Gasteiger partial charge is 0.474 e. The molecule has 0 aliphatic carbocycles. The number of benzene rings is 1. The maximum absolute atomic E-state index is 15.5. The molecular formula is C26H33F2N7O2. The van der Waals surface area contributed by atoms with Gasteiger partial charge in [-0.1, -0.05) is 12.1 Å². The van der Waals surface area contributed by atoms with Gasteiger partial charge < -0.3 is 24.3 Å². The van der Waals surface area contributed by atoms with E-state index in [-0.39, 0.29) is 24.0 Å². The number of H-pyrrole nitrogens is 1. The summed E-state index contributed by atoms with van der Waals surface area (Å²) in [5, 5.41) is 5.20. The van der Waals surface area contributed by atoms with E-state index in [2.05, 4.69) is 37.3 Å². The van der Waals surface area contributed by atoms with Gasteiger partial charge >= 0.3 is 0 Å². The molecule has 0 unspecified atom stereocenters. The number of hydrogen-bond acceptors (Lipinski definition) is 8. The van der Waals surface area contributed by atoms with E-state index in [0.717, 1.165) is 48.2 Å². The van der Waals surface area contributed by atoms with E-state index >= 15 is 8.78 Å².